The molecule has 1 aromatic rings. The summed E-state index contributed by atoms with van der Waals surface area (Å²) < 4.78 is 14.3. The average molecular weight is 279 g/mol. The molecule has 5 heteroatoms. The lowest BCUT2D eigenvalue weighted by molar-refractivity contribution is 0.546. The van der Waals surface area contributed by atoms with Crippen LogP contribution in [0.5, 0.6) is 0 Å². The standard InChI is InChI=1S/C9H12BrFN2S/c1-14-5-9(13-12)7-4-6(10)2-3-8(7)11/h2-4,9,13H,5,12H2,1H3. The van der Waals surface area contributed by atoms with Crippen LogP contribution in [0.4, 0.5) is 4.39 Å². The van der Waals surface area contributed by atoms with Crippen LogP contribution >= 0.6 is 27.7 Å². The third-order valence-corrected chi connectivity index (χ3v) is 3.03. The first-order valence-electron chi connectivity index (χ1n) is 4.09. The van der Waals surface area contributed by atoms with Gasteiger partial charge in [-0.1, -0.05) is 15.9 Å². The lowest BCUT2D eigenvalue weighted by Crippen LogP contribution is -2.30. The third-order valence-electron chi connectivity index (χ3n) is 1.87. The highest BCUT2D eigenvalue weighted by Crippen LogP contribution is 2.23. The number of benzene rings is 1. The summed E-state index contributed by atoms with van der Waals surface area (Å²) in [5, 5.41) is 0. The van der Waals surface area contributed by atoms with Crippen molar-refractivity contribution in [2.45, 2.75) is 6.04 Å². The molecule has 0 aromatic heterocycles. The summed E-state index contributed by atoms with van der Waals surface area (Å²) in [5.41, 5.74) is 3.20. The third kappa shape index (κ3) is 2.95. The Morgan fingerprint density at radius 2 is 2.36 bits per heavy atom. The van der Waals surface area contributed by atoms with Gasteiger partial charge in [-0.15, -0.1) is 0 Å². The molecule has 0 aliphatic heterocycles. The van der Waals surface area contributed by atoms with Crippen LogP contribution in [-0.4, -0.2) is 12.0 Å². The van der Waals surface area contributed by atoms with Gasteiger partial charge in [0.05, 0.1) is 6.04 Å². The monoisotopic (exact) mass is 278 g/mol. The van der Waals surface area contributed by atoms with Crippen LogP contribution in [0, 0.1) is 5.82 Å². The molecule has 1 unspecified atom stereocenters. The van der Waals surface area contributed by atoms with Crippen molar-refractivity contribution >= 4 is 27.7 Å². The number of hydrogen-bond acceptors (Lipinski definition) is 3. The van der Waals surface area contributed by atoms with Crippen LogP contribution in [0.25, 0.3) is 0 Å². The molecule has 0 aliphatic rings. The Bertz CT molecular complexity index is 309. The Kier molecular flexibility index (Phi) is 4.88. The van der Waals surface area contributed by atoms with E-state index in [2.05, 4.69) is 21.4 Å². The van der Waals surface area contributed by atoms with Crippen molar-refractivity contribution < 1.29 is 4.39 Å². The van der Waals surface area contributed by atoms with Crippen molar-refractivity contribution in [1.82, 2.24) is 5.43 Å². The molecule has 1 atom stereocenters. The second kappa shape index (κ2) is 5.70. The number of halogens is 2. The number of nitrogens with one attached hydrogen (secondary N) is 1. The topological polar surface area (TPSA) is 38.0 Å². The van der Waals surface area contributed by atoms with Crippen LogP contribution in [0.3, 0.4) is 0 Å². The molecule has 0 amide bonds. The zero-order valence-electron chi connectivity index (χ0n) is 7.76. The normalized spacial score (nSPS) is 12.9. The molecule has 0 aliphatic carbocycles. The van der Waals surface area contributed by atoms with Gasteiger partial charge in [-0.25, -0.2) is 4.39 Å². The maximum Gasteiger partial charge on any atom is 0.128 e. The van der Waals surface area contributed by atoms with Crippen LogP contribution in [0.2, 0.25) is 0 Å². The molecule has 2 nitrogen and oxygen atoms in total. The number of hydrogen-bond donors (Lipinski definition) is 2. The molecule has 0 saturated carbocycles. The quantitative estimate of drug-likeness (QED) is 0.657. The van der Waals surface area contributed by atoms with Crippen LogP contribution < -0.4 is 11.3 Å². The van der Waals surface area contributed by atoms with Gasteiger partial charge >= 0.3 is 0 Å². The second-order valence-electron chi connectivity index (χ2n) is 2.84. The summed E-state index contributed by atoms with van der Waals surface area (Å²) >= 11 is 4.92. The van der Waals surface area contributed by atoms with Crippen LogP contribution in [0.1, 0.15) is 11.6 Å². The molecule has 0 radical (unpaired) electrons. The van der Waals surface area contributed by atoms with E-state index in [9.17, 15) is 4.39 Å². The molecular formula is C9H12BrFN2S. The van der Waals surface area contributed by atoms with Crippen molar-refractivity contribution in [1.29, 1.82) is 0 Å². The first-order valence-corrected chi connectivity index (χ1v) is 6.27. The molecule has 0 fully saturated rings. The minimum absolute atomic E-state index is 0.150. The van der Waals surface area contributed by atoms with Gasteiger partial charge in [0.1, 0.15) is 5.82 Å². The van der Waals surface area contributed by atoms with Gasteiger partial charge in [0, 0.05) is 15.8 Å². The van der Waals surface area contributed by atoms with Gasteiger partial charge < -0.3 is 0 Å². The number of hydrazine groups is 1. The fourth-order valence-corrected chi connectivity index (χ4v) is 2.16. The summed E-state index contributed by atoms with van der Waals surface area (Å²) in [4.78, 5) is 0. The Morgan fingerprint density at radius 1 is 1.64 bits per heavy atom. The molecule has 0 bridgehead atoms. The smallest absolute Gasteiger partial charge is 0.128 e. The van der Waals surface area contributed by atoms with E-state index in [1.165, 1.54) is 6.07 Å². The van der Waals surface area contributed by atoms with Crippen LogP contribution in [0.15, 0.2) is 22.7 Å². The minimum Gasteiger partial charge on any atom is -0.271 e. The highest BCUT2D eigenvalue weighted by Gasteiger charge is 2.13. The first kappa shape index (κ1) is 12.0. The molecule has 3 N–H and O–H groups in total. The van der Waals surface area contributed by atoms with Gasteiger partial charge in [0.25, 0.3) is 0 Å². The Morgan fingerprint density at radius 3 is 2.93 bits per heavy atom. The van der Waals surface area contributed by atoms with Crippen molar-refractivity contribution in [2.24, 2.45) is 5.84 Å². The molecule has 78 valence electrons. The Hall–Kier alpha value is -0.100. The van der Waals surface area contributed by atoms with E-state index in [1.807, 2.05) is 6.26 Å². The fraction of sp³-hybridized carbons (Fsp3) is 0.333. The predicted octanol–water partition coefficient (Wildman–Crippen LogP) is 2.46. The van der Waals surface area contributed by atoms with Crippen molar-refractivity contribution in [2.75, 3.05) is 12.0 Å². The molecule has 1 aromatic carbocycles. The summed E-state index contributed by atoms with van der Waals surface area (Å²) in [6, 6.07) is 4.70. The van der Waals surface area contributed by atoms with E-state index in [4.69, 9.17) is 5.84 Å². The number of nitrogens with two attached hydrogens (primary N) is 1. The SMILES string of the molecule is CSCC(NN)c1cc(Br)ccc1F. The lowest BCUT2D eigenvalue weighted by Gasteiger charge is -2.15. The molecule has 0 heterocycles. The second-order valence-corrected chi connectivity index (χ2v) is 4.67. The lowest BCUT2D eigenvalue weighted by atomic mass is 10.1. The zero-order valence-corrected chi connectivity index (χ0v) is 10.2. The van der Waals surface area contributed by atoms with Gasteiger partial charge in [-0.05, 0) is 24.5 Å². The average Bonchev–Trinajstić information content (AvgIpc) is 2.18. The van der Waals surface area contributed by atoms with E-state index < -0.39 is 0 Å². The van der Waals surface area contributed by atoms with Crippen LogP contribution in [-0.2, 0) is 0 Å². The van der Waals surface area contributed by atoms with E-state index >= 15 is 0 Å². The maximum atomic E-state index is 13.4. The highest BCUT2D eigenvalue weighted by atomic mass is 79.9. The molecule has 0 spiro atoms. The minimum atomic E-state index is -0.231. The largest absolute Gasteiger partial charge is 0.271 e. The van der Waals surface area contributed by atoms with Gasteiger partial charge in [-0.2, -0.15) is 11.8 Å². The summed E-state index contributed by atoms with van der Waals surface area (Å²) in [5.74, 6) is 5.87. The molecular weight excluding hydrogens is 267 g/mol. The van der Waals surface area contributed by atoms with E-state index in [-0.39, 0.29) is 11.9 Å². The Labute approximate surface area is 95.5 Å². The molecule has 1 rings (SSSR count). The molecule has 14 heavy (non-hydrogen) atoms. The Balaban J connectivity index is 2.96. The number of rotatable bonds is 4. The van der Waals surface area contributed by atoms with Crippen molar-refractivity contribution in [3.63, 3.8) is 0 Å². The van der Waals surface area contributed by atoms with Crippen molar-refractivity contribution in [3.05, 3.63) is 34.1 Å². The summed E-state index contributed by atoms with van der Waals surface area (Å²) in [7, 11) is 0. The van der Waals surface area contributed by atoms with E-state index in [0.717, 1.165) is 10.2 Å². The highest BCUT2D eigenvalue weighted by molar-refractivity contribution is 9.10. The first-order chi connectivity index (χ1) is 6.69. The van der Waals surface area contributed by atoms with E-state index in [0.29, 0.717) is 5.56 Å². The van der Waals surface area contributed by atoms with E-state index in [1.54, 1.807) is 23.9 Å². The maximum absolute atomic E-state index is 13.4. The summed E-state index contributed by atoms with van der Waals surface area (Å²) in [6.45, 7) is 0. The van der Waals surface area contributed by atoms with Gasteiger partial charge in [-0.3, -0.25) is 11.3 Å². The summed E-state index contributed by atoms with van der Waals surface area (Å²) in [6.07, 6.45) is 1.96. The molecule has 0 saturated heterocycles. The van der Waals surface area contributed by atoms with Gasteiger partial charge in [0.2, 0.25) is 0 Å². The fourth-order valence-electron chi connectivity index (χ4n) is 1.18. The van der Waals surface area contributed by atoms with Gasteiger partial charge in [0.15, 0.2) is 0 Å². The number of thioether (sulfide) groups is 1. The van der Waals surface area contributed by atoms with Crippen molar-refractivity contribution in [3.8, 4) is 0 Å². The predicted molar refractivity (Wildman–Crippen MR) is 62.5 cm³/mol. The zero-order chi connectivity index (χ0) is 10.6.